The number of anilines is 1. The predicted molar refractivity (Wildman–Crippen MR) is 124 cm³/mol. The number of ether oxygens (including phenoxy) is 1. The van der Waals surface area contributed by atoms with Crippen LogP contribution in [-0.2, 0) is 11.3 Å². The van der Waals surface area contributed by atoms with E-state index in [1.807, 2.05) is 35.2 Å². The van der Waals surface area contributed by atoms with Gasteiger partial charge in [0, 0.05) is 44.5 Å². The lowest BCUT2D eigenvalue weighted by Gasteiger charge is -2.36. The van der Waals surface area contributed by atoms with Crippen LogP contribution in [-0.4, -0.2) is 62.6 Å². The summed E-state index contributed by atoms with van der Waals surface area (Å²) in [5, 5.41) is 0. The van der Waals surface area contributed by atoms with Gasteiger partial charge < -0.3 is 19.4 Å². The van der Waals surface area contributed by atoms with Crippen molar-refractivity contribution < 1.29 is 9.53 Å². The van der Waals surface area contributed by atoms with E-state index in [1.54, 1.807) is 6.08 Å². The van der Waals surface area contributed by atoms with E-state index in [9.17, 15) is 4.79 Å². The number of carbonyl (C=O) groups excluding carboxylic acids is 1. The average Bonchev–Trinajstić information content (AvgIpc) is 2.76. The zero-order valence-corrected chi connectivity index (χ0v) is 18.4. The van der Waals surface area contributed by atoms with Gasteiger partial charge in [0.2, 0.25) is 5.91 Å². The molecule has 3 rings (SSSR count). The maximum atomic E-state index is 12.6. The Morgan fingerprint density at radius 2 is 1.80 bits per heavy atom. The Labute approximate surface area is 180 Å². The molecule has 30 heavy (non-hydrogen) atoms. The van der Waals surface area contributed by atoms with E-state index in [0.717, 1.165) is 57.1 Å². The van der Waals surface area contributed by atoms with E-state index < -0.39 is 0 Å². The first-order chi connectivity index (χ1) is 14.5. The fourth-order valence-electron chi connectivity index (χ4n) is 3.57. The topological polar surface area (TPSA) is 36.0 Å². The molecule has 2 aromatic rings. The molecule has 1 fully saturated rings. The van der Waals surface area contributed by atoms with Gasteiger partial charge in [0.15, 0.2) is 0 Å². The Hall–Kier alpha value is -2.79. The number of benzene rings is 2. The van der Waals surface area contributed by atoms with Crippen LogP contribution in [0.5, 0.6) is 5.75 Å². The van der Waals surface area contributed by atoms with Gasteiger partial charge >= 0.3 is 0 Å². The molecule has 1 amide bonds. The summed E-state index contributed by atoms with van der Waals surface area (Å²) in [4.78, 5) is 19.1. The standard InChI is InChI=1S/C25H33N3O2/c1-4-18-30-24-11-8-21(9-12-24)10-13-25(29)28-16-14-27(15-17-28)23-7-5-6-22(19-23)20-26(2)3/h5-13,19H,4,14-18,20H2,1-3H3/b13-10+. The van der Waals surface area contributed by atoms with E-state index in [-0.39, 0.29) is 5.91 Å². The highest BCUT2D eigenvalue weighted by molar-refractivity contribution is 5.92. The Kier molecular flexibility index (Phi) is 7.91. The molecule has 0 N–H and O–H groups in total. The number of carbonyl (C=O) groups is 1. The number of rotatable bonds is 8. The van der Waals surface area contributed by atoms with Crippen molar-refractivity contribution >= 4 is 17.7 Å². The van der Waals surface area contributed by atoms with Crippen LogP contribution in [0.1, 0.15) is 24.5 Å². The van der Waals surface area contributed by atoms with E-state index in [4.69, 9.17) is 4.74 Å². The second-order valence-corrected chi connectivity index (χ2v) is 7.97. The van der Waals surface area contributed by atoms with Crippen molar-refractivity contribution in [3.63, 3.8) is 0 Å². The summed E-state index contributed by atoms with van der Waals surface area (Å²) < 4.78 is 5.60. The van der Waals surface area contributed by atoms with E-state index in [0.29, 0.717) is 0 Å². The smallest absolute Gasteiger partial charge is 0.246 e. The van der Waals surface area contributed by atoms with Crippen LogP contribution in [0.4, 0.5) is 5.69 Å². The summed E-state index contributed by atoms with van der Waals surface area (Å²) in [5.41, 5.74) is 3.55. The first kappa shape index (κ1) is 21.9. The minimum absolute atomic E-state index is 0.0716. The number of amides is 1. The second-order valence-electron chi connectivity index (χ2n) is 7.97. The SMILES string of the molecule is CCCOc1ccc(/C=C/C(=O)N2CCN(c3cccc(CN(C)C)c3)CC2)cc1. The van der Waals surface area contributed by atoms with E-state index in [1.165, 1.54) is 11.3 Å². The molecule has 2 aromatic carbocycles. The van der Waals surface area contributed by atoms with Gasteiger partial charge in [-0.2, -0.15) is 0 Å². The Bertz CT molecular complexity index is 838. The van der Waals surface area contributed by atoms with Crippen molar-refractivity contribution in [3.8, 4) is 5.75 Å². The molecule has 1 heterocycles. The van der Waals surface area contributed by atoms with Crippen LogP contribution in [0.3, 0.4) is 0 Å². The molecule has 0 spiro atoms. The largest absolute Gasteiger partial charge is 0.494 e. The summed E-state index contributed by atoms with van der Waals surface area (Å²) in [6.45, 7) is 6.94. The van der Waals surface area contributed by atoms with Crippen LogP contribution in [0.15, 0.2) is 54.6 Å². The fraction of sp³-hybridized carbons (Fsp3) is 0.400. The van der Waals surface area contributed by atoms with Gasteiger partial charge in [-0.25, -0.2) is 0 Å². The first-order valence-corrected chi connectivity index (χ1v) is 10.7. The highest BCUT2D eigenvalue weighted by Crippen LogP contribution is 2.19. The van der Waals surface area contributed by atoms with Crippen molar-refractivity contribution in [1.29, 1.82) is 0 Å². The van der Waals surface area contributed by atoms with Crippen LogP contribution >= 0.6 is 0 Å². The third-order valence-corrected chi connectivity index (χ3v) is 5.14. The monoisotopic (exact) mass is 407 g/mol. The highest BCUT2D eigenvalue weighted by atomic mass is 16.5. The molecule has 160 valence electrons. The van der Waals surface area contributed by atoms with Gasteiger partial charge in [0.1, 0.15) is 5.75 Å². The summed E-state index contributed by atoms with van der Waals surface area (Å²) in [6.07, 6.45) is 4.54. The minimum Gasteiger partial charge on any atom is -0.494 e. The molecule has 0 unspecified atom stereocenters. The lowest BCUT2D eigenvalue weighted by Crippen LogP contribution is -2.48. The molecule has 0 saturated carbocycles. The van der Waals surface area contributed by atoms with Gasteiger partial charge in [-0.3, -0.25) is 4.79 Å². The van der Waals surface area contributed by atoms with Gasteiger partial charge in [-0.05, 0) is 62.0 Å². The summed E-state index contributed by atoms with van der Waals surface area (Å²) in [7, 11) is 4.17. The molecular weight excluding hydrogens is 374 g/mol. The summed E-state index contributed by atoms with van der Waals surface area (Å²) in [5.74, 6) is 0.938. The molecule has 0 atom stereocenters. The van der Waals surface area contributed by atoms with Gasteiger partial charge in [-0.1, -0.05) is 31.2 Å². The molecular formula is C25H33N3O2. The first-order valence-electron chi connectivity index (χ1n) is 10.7. The Morgan fingerprint density at radius 1 is 1.07 bits per heavy atom. The van der Waals surface area contributed by atoms with Crippen molar-refractivity contribution in [1.82, 2.24) is 9.80 Å². The summed E-state index contributed by atoms with van der Waals surface area (Å²) >= 11 is 0. The van der Waals surface area contributed by atoms with Gasteiger partial charge in [0.25, 0.3) is 0 Å². The lowest BCUT2D eigenvalue weighted by molar-refractivity contribution is -0.126. The highest BCUT2D eigenvalue weighted by Gasteiger charge is 2.20. The molecule has 5 heteroatoms. The molecule has 0 aromatic heterocycles. The zero-order valence-electron chi connectivity index (χ0n) is 18.4. The quantitative estimate of drug-likeness (QED) is 0.622. The molecule has 0 bridgehead atoms. The lowest BCUT2D eigenvalue weighted by atomic mass is 10.1. The van der Waals surface area contributed by atoms with Crippen LogP contribution < -0.4 is 9.64 Å². The molecule has 0 radical (unpaired) electrons. The third kappa shape index (κ3) is 6.36. The molecule has 1 aliphatic heterocycles. The van der Waals surface area contributed by atoms with E-state index >= 15 is 0 Å². The third-order valence-electron chi connectivity index (χ3n) is 5.14. The zero-order chi connectivity index (χ0) is 21.3. The molecule has 1 aliphatic rings. The normalized spacial score (nSPS) is 14.5. The van der Waals surface area contributed by atoms with Crippen molar-refractivity contribution in [2.45, 2.75) is 19.9 Å². The van der Waals surface area contributed by atoms with Crippen LogP contribution in [0.2, 0.25) is 0 Å². The Morgan fingerprint density at radius 3 is 2.47 bits per heavy atom. The van der Waals surface area contributed by atoms with E-state index in [2.05, 4.69) is 55.1 Å². The molecule has 0 aliphatic carbocycles. The molecule has 5 nitrogen and oxygen atoms in total. The number of piperazine rings is 1. The van der Waals surface area contributed by atoms with Crippen molar-refractivity contribution in [2.75, 3.05) is 51.8 Å². The minimum atomic E-state index is 0.0716. The average molecular weight is 408 g/mol. The van der Waals surface area contributed by atoms with Crippen LogP contribution in [0, 0.1) is 0 Å². The fourth-order valence-corrected chi connectivity index (χ4v) is 3.57. The summed E-state index contributed by atoms with van der Waals surface area (Å²) in [6, 6.07) is 16.5. The van der Waals surface area contributed by atoms with Gasteiger partial charge in [-0.15, -0.1) is 0 Å². The van der Waals surface area contributed by atoms with Crippen molar-refractivity contribution in [2.24, 2.45) is 0 Å². The maximum Gasteiger partial charge on any atom is 0.246 e. The Balaban J connectivity index is 1.51. The molecule has 1 saturated heterocycles. The number of hydrogen-bond acceptors (Lipinski definition) is 4. The number of nitrogens with zero attached hydrogens (tertiary/aromatic N) is 3. The number of hydrogen-bond donors (Lipinski definition) is 0. The maximum absolute atomic E-state index is 12.6. The van der Waals surface area contributed by atoms with Crippen LogP contribution in [0.25, 0.3) is 6.08 Å². The van der Waals surface area contributed by atoms with Crippen molar-refractivity contribution in [3.05, 3.63) is 65.7 Å². The van der Waals surface area contributed by atoms with Gasteiger partial charge in [0.05, 0.1) is 6.61 Å². The second kappa shape index (κ2) is 10.8. The predicted octanol–water partition coefficient (Wildman–Crippen LogP) is 3.90.